The van der Waals surface area contributed by atoms with Crippen molar-refractivity contribution in [3.63, 3.8) is 0 Å². The summed E-state index contributed by atoms with van der Waals surface area (Å²) in [7, 11) is -0.826. The highest BCUT2D eigenvalue weighted by atomic mass is 32.2. The van der Waals surface area contributed by atoms with E-state index >= 15 is 0 Å². The highest BCUT2D eigenvalue weighted by molar-refractivity contribution is 7.84. The van der Waals surface area contributed by atoms with Crippen molar-refractivity contribution in [3.8, 4) is 0 Å². The molecule has 0 fully saturated rings. The third-order valence-corrected chi connectivity index (χ3v) is 3.44. The maximum atomic E-state index is 11.2. The fourth-order valence-corrected chi connectivity index (χ4v) is 1.33. The van der Waals surface area contributed by atoms with Gasteiger partial charge in [-0.05, 0) is 13.3 Å². The van der Waals surface area contributed by atoms with Crippen LogP contribution in [0.15, 0.2) is 0 Å². The molecule has 0 aromatic rings. The Hall–Kier alpha value is -0.420. The lowest BCUT2D eigenvalue weighted by atomic mass is 10.3. The van der Waals surface area contributed by atoms with Crippen LogP contribution in [0.4, 0.5) is 0 Å². The number of amides is 1. The first-order valence-corrected chi connectivity index (χ1v) is 6.99. The highest BCUT2D eigenvalue weighted by Gasteiger charge is 2.06. The minimum Gasteiger partial charge on any atom is -0.355 e. The molecule has 0 aromatic heterocycles. The molecular weight excluding hydrogens is 212 g/mol. The van der Waals surface area contributed by atoms with E-state index in [1.165, 1.54) is 0 Å². The summed E-state index contributed by atoms with van der Waals surface area (Å²) >= 11 is 0. The Bertz CT molecular complexity index is 210. The van der Waals surface area contributed by atoms with Gasteiger partial charge in [0.2, 0.25) is 5.91 Å². The molecule has 15 heavy (non-hydrogen) atoms. The summed E-state index contributed by atoms with van der Waals surface area (Å²) in [4.78, 5) is 11.2. The van der Waals surface area contributed by atoms with Crippen LogP contribution >= 0.6 is 0 Å². The Morgan fingerprint density at radius 1 is 1.47 bits per heavy atom. The predicted octanol–water partition coefficient (Wildman–Crippen LogP) is 0.259. The fraction of sp³-hybridized carbons (Fsp3) is 0.900. The fourth-order valence-electron chi connectivity index (χ4n) is 0.973. The van der Waals surface area contributed by atoms with Gasteiger partial charge in [-0.25, -0.2) is 0 Å². The van der Waals surface area contributed by atoms with E-state index in [4.69, 9.17) is 0 Å². The van der Waals surface area contributed by atoms with Gasteiger partial charge in [0.1, 0.15) is 0 Å². The number of nitrogens with one attached hydrogen (secondary N) is 2. The molecule has 0 saturated carbocycles. The Morgan fingerprint density at radius 3 is 2.67 bits per heavy atom. The van der Waals surface area contributed by atoms with Gasteiger partial charge in [0.05, 0.1) is 6.54 Å². The Labute approximate surface area is 94.7 Å². The van der Waals surface area contributed by atoms with Crippen molar-refractivity contribution < 1.29 is 9.00 Å². The first kappa shape index (κ1) is 14.6. The van der Waals surface area contributed by atoms with Gasteiger partial charge in [-0.2, -0.15) is 0 Å². The van der Waals surface area contributed by atoms with E-state index in [-0.39, 0.29) is 11.2 Å². The molecule has 4 nitrogen and oxygen atoms in total. The quantitative estimate of drug-likeness (QED) is 0.592. The highest BCUT2D eigenvalue weighted by Crippen LogP contribution is 1.88. The Kier molecular flexibility index (Phi) is 8.61. The molecule has 0 heterocycles. The average Bonchev–Trinajstić information content (AvgIpc) is 2.18. The first-order chi connectivity index (χ1) is 7.07. The third kappa shape index (κ3) is 8.57. The maximum absolute atomic E-state index is 11.2. The normalized spacial score (nSPS) is 14.6. The largest absolute Gasteiger partial charge is 0.355 e. The molecule has 0 aliphatic rings. The Morgan fingerprint density at radius 2 is 2.13 bits per heavy atom. The van der Waals surface area contributed by atoms with E-state index in [0.29, 0.717) is 13.1 Å². The summed E-state index contributed by atoms with van der Waals surface area (Å²) in [5.41, 5.74) is 0. The SMILES string of the molecule is CCCCNC(=O)CNCC(C)S(C)=O. The molecule has 2 unspecified atom stereocenters. The second-order valence-corrected chi connectivity index (χ2v) is 5.45. The second kappa shape index (κ2) is 8.85. The molecule has 1 amide bonds. The van der Waals surface area contributed by atoms with E-state index in [1.807, 2.05) is 6.92 Å². The molecule has 0 spiro atoms. The number of hydrogen-bond donors (Lipinski definition) is 2. The zero-order chi connectivity index (χ0) is 11.7. The minimum atomic E-state index is -0.826. The Balaban J connectivity index is 3.42. The summed E-state index contributed by atoms with van der Waals surface area (Å²) in [5, 5.41) is 5.89. The summed E-state index contributed by atoms with van der Waals surface area (Å²) in [5.74, 6) is 0.0116. The molecule has 2 atom stereocenters. The van der Waals surface area contributed by atoms with Crippen molar-refractivity contribution in [2.75, 3.05) is 25.9 Å². The summed E-state index contributed by atoms with van der Waals surface area (Å²) in [6, 6.07) is 0. The number of carbonyl (C=O) groups excluding carboxylic acids is 1. The molecule has 0 saturated heterocycles. The number of carbonyl (C=O) groups is 1. The van der Waals surface area contributed by atoms with Crippen molar-refractivity contribution in [1.29, 1.82) is 0 Å². The van der Waals surface area contributed by atoms with Gasteiger partial charge in [0, 0.05) is 35.4 Å². The maximum Gasteiger partial charge on any atom is 0.233 e. The molecule has 0 aliphatic carbocycles. The molecule has 90 valence electrons. The van der Waals surface area contributed by atoms with E-state index in [2.05, 4.69) is 17.6 Å². The summed E-state index contributed by atoms with van der Waals surface area (Å²) in [6.07, 6.45) is 3.77. The molecule has 0 aromatic carbocycles. The topological polar surface area (TPSA) is 58.2 Å². The van der Waals surface area contributed by atoms with Crippen molar-refractivity contribution in [1.82, 2.24) is 10.6 Å². The molecule has 0 aliphatic heterocycles. The first-order valence-electron chi connectivity index (χ1n) is 5.37. The van der Waals surface area contributed by atoms with Crippen LogP contribution in [0.1, 0.15) is 26.7 Å². The van der Waals surface area contributed by atoms with Gasteiger partial charge in [-0.3, -0.25) is 9.00 Å². The lowest BCUT2D eigenvalue weighted by Gasteiger charge is -2.09. The van der Waals surface area contributed by atoms with Gasteiger partial charge < -0.3 is 10.6 Å². The van der Waals surface area contributed by atoms with Gasteiger partial charge in [0.25, 0.3) is 0 Å². The molecular formula is C10H22N2O2S. The summed E-state index contributed by atoms with van der Waals surface area (Å²) < 4.78 is 11.0. The third-order valence-electron chi connectivity index (χ3n) is 2.14. The van der Waals surface area contributed by atoms with Gasteiger partial charge in [0.15, 0.2) is 0 Å². The average molecular weight is 234 g/mol. The summed E-state index contributed by atoms with van der Waals surface area (Å²) in [6.45, 7) is 5.66. The lowest BCUT2D eigenvalue weighted by molar-refractivity contribution is -0.120. The van der Waals surface area contributed by atoms with Crippen molar-refractivity contribution >= 4 is 16.7 Å². The monoisotopic (exact) mass is 234 g/mol. The van der Waals surface area contributed by atoms with Crippen LogP contribution in [0.2, 0.25) is 0 Å². The number of rotatable bonds is 8. The standard InChI is InChI=1S/C10H22N2O2S/c1-4-5-6-12-10(13)8-11-7-9(2)15(3)14/h9,11H,4-8H2,1-3H3,(H,12,13). The predicted molar refractivity (Wildman–Crippen MR) is 64.3 cm³/mol. The van der Waals surface area contributed by atoms with Crippen molar-refractivity contribution in [2.45, 2.75) is 31.9 Å². The van der Waals surface area contributed by atoms with Crippen molar-refractivity contribution in [3.05, 3.63) is 0 Å². The number of hydrogen-bond acceptors (Lipinski definition) is 3. The molecule has 2 N–H and O–H groups in total. The van der Waals surface area contributed by atoms with Gasteiger partial charge in [-0.1, -0.05) is 13.3 Å². The zero-order valence-corrected chi connectivity index (χ0v) is 10.7. The second-order valence-electron chi connectivity index (χ2n) is 3.64. The van der Waals surface area contributed by atoms with Gasteiger partial charge >= 0.3 is 0 Å². The van der Waals surface area contributed by atoms with Crippen LogP contribution in [0, 0.1) is 0 Å². The molecule has 0 radical (unpaired) electrons. The minimum absolute atomic E-state index is 0.0116. The van der Waals surface area contributed by atoms with E-state index in [1.54, 1.807) is 6.26 Å². The van der Waals surface area contributed by atoms with Crippen molar-refractivity contribution in [2.24, 2.45) is 0 Å². The van der Waals surface area contributed by atoms with E-state index in [9.17, 15) is 9.00 Å². The van der Waals surface area contributed by atoms with Crippen LogP contribution in [0.25, 0.3) is 0 Å². The van der Waals surface area contributed by atoms with E-state index < -0.39 is 10.8 Å². The van der Waals surface area contributed by atoms with Crippen LogP contribution in [0.3, 0.4) is 0 Å². The molecule has 0 bridgehead atoms. The van der Waals surface area contributed by atoms with E-state index in [0.717, 1.165) is 19.4 Å². The number of unbranched alkanes of at least 4 members (excludes halogenated alkanes) is 1. The molecule has 0 rings (SSSR count). The van der Waals surface area contributed by atoms with Crippen LogP contribution in [0.5, 0.6) is 0 Å². The lowest BCUT2D eigenvalue weighted by Crippen LogP contribution is -2.37. The van der Waals surface area contributed by atoms with Crippen LogP contribution < -0.4 is 10.6 Å². The molecule has 5 heteroatoms. The smallest absolute Gasteiger partial charge is 0.233 e. The van der Waals surface area contributed by atoms with Gasteiger partial charge in [-0.15, -0.1) is 0 Å². The van der Waals surface area contributed by atoms with Crippen LogP contribution in [-0.2, 0) is 15.6 Å². The zero-order valence-electron chi connectivity index (χ0n) is 9.84. The van der Waals surface area contributed by atoms with Crippen LogP contribution in [-0.4, -0.2) is 41.3 Å².